The van der Waals surface area contributed by atoms with Gasteiger partial charge in [0.15, 0.2) is 0 Å². The number of rotatable bonds is 4. The molecule has 0 aromatic carbocycles. The molecule has 1 fully saturated rings. The molecule has 1 heterocycles. The first kappa shape index (κ1) is 14.4. The maximum absolute atomic E-state index is 12.1. The summed E-state index contributed by atoms with van der Waals surface area (Å²) in [6.45, 7) is 3.88. The second kappa shape index (κ2) is 5.30. The summed E-state index contributed by atoms with van der Waals surface area (Å²) < 4.78 is 31.9. The fourth-order valence-corrected chi connectivity index (χ4v) is 3.30. The summed E-state index contributed by atoms with van der Waals surface area (Å²) in [5.41, 5.74) is 4.99. The van der Waals surface area contributed by atoms with E-state index in [0.29, 0.717) is 0 Å². The first-order valence-electron chi connectivity index (χ1n) is 5.38. The normalized spacial score (nSPS) is 27.3. The fraction of sp³-hybridized carbons (Fsp3) is 0.889. The van der Waals surface area contributed by atoms with Crippen LogP contribution in [0.1, 0.15) is 13.8 Å². The average Bonchev–Trinajstić information content (AvgIpc) is 2.14. The van der Waals surface area contributed by atoms with E-state index in [1.165, 1.54) is 11.4 Å². The molecular weight excluding hydrogens is 246 g/mol. The predicted molar refractivity (Wildman–Crippen MR) is 62.3 cm³/mol. The van der Waals surface area contributed by atoms with E-state index in [1.807, 2.05) is 13.8 Å². The predicted octanol–water partition coefficient (Wildman–Crippen LogP) is -1.24. The van der Waals surface area contributed by atoms with Gasteiger partial charge in [-0.2, -0.15) is 17.0 Å². The number of hydrogen-bond acceptors (Lipinski definition) is 4. The van der Waals surface area contributed by atoms with Gasteiger partial charge in [0.25, 0.3) is 10.2 Å². The van der Waals surface area contributed by atoms with Crippen molar-refractivity contribution in [2.24, 2.45) is 5.73 Å². The molecule has 0 aliphatic carbocycles. The van der Waals surface area contributed by atoms with Crippen molar-refractivity contribution in [1.82, 2.24) is 8.61 Å². The number of morpholine rings is 1. The van der Waals surface area contributed by atoms with E-state index in [9.17, 15) is 13.2 Å². The molecule has 1 saturated heterocycles. The molecule has 0 bridgehead atoms. The lowest BCUT2D eigenvalue weighted by Crippen LogP contribution is -2.53. The third kappa shape index (κ3) is 3.63. The minimum Gasteiger partial charge on any atom is -0.373 e. The molecule has 0 saturated carbocycles. The summed E-state index contributed by atoms with van der Waals surface area (Å²) in [6, 6.07) is 0. The second-order valence-corrected chi connectivity index (χ2v) is 6.34. The van der Waals surface area contributed by atoms with E-state index in [-0.39, 0.29) is 31.8 Å². The third-order valence-electron chi connectivity index (χ3n) is 2.48. The van der Waals surface area contributed by atoms with E-state index in [1.54, 1.807) is 0 Å². The largest absolute Gasteiger partial charge is 0.373 e. The van der Waals surface area contributed by atoms with Gasteiger partial charge in [0, 0.05) is 20.1 Å². The minimum absolute atomic E-state index is 0.157. The Kier molecular flexibility index (Phi) is 4.48. The highest BCUT2D eigenvalue weighted by atomic mass is 32.2. The number of amides is 1. The van der Waals surface area contributed by atoms with Crippen molar-refractivity contribution in [3.05, 3.63) is 0 Å². The van der Waals surface area contributed by atoms with Gasteiger partial charge in [-0.25, -0.2) is 0 Å². The number of nitrogens with two attached hydrogens (primary N) is 1. The van der Waals surface area contributed by atoms with Crippen molar-refractivity contribution in [3.63, 3.8) is 0 Å². The van der Waals surface area contributed by atoms with E-state index in [4.69, 9.17) is 10.5 Å². The number of ether oxygens (including phenoxy) is 1. The van der Waals surface area contributed by atoms with E-state index >= 15 is 0 Å². The van der Waals surface area contributed by atoms with Crippen LogP contribution in [0.15, 0.2) is 0 Å². The molecule has 1 rings (SSSR count). The zero-order valence-corrected chi connectivity index (χ0v) is 11.1. The Balaban J connectivity index is 2.79. The SMILES string of the molecule is C[C@@H]1CN(S(=O)(=O)N(C)CC(N)=O)C[C@H](C)O1. The van der Waals surface area contributed by atoms with Gasteiger partial charge in [-0.05, 0) is 13.8 Å². The van der Waals surface area contributed by atoms with Gasteiger partial charge >= 0.3 is 0 Å². The van der Waals surface area contributed by atoms with Crippen LogP contribution in [0.4, 0.5) is 0 Å². The van der Waals surface area contributed by atoms with Gasteiger partial charge in [-0.15, -0.1) is 0 Å². The molecule has 7 nitrogen and oxygen atoms in total. The summed E-state index contributed by atoms with van der Waals surface area (Å²) in [5.74, 6) is -0.676. The van der Waals surface area contributed by atoms with E-state index in [2.05, 4.69) is 0 Å². The van der Waals surface area contributed by atoms with Crippen molar-refractivity contribution in [2.45, 2.75) is 26.1 Å². The van der Waals surface area contributed by atoms with E-state index in [0.717, 1.165) is 4.31 Å². The Hall–Kier alpha value is -0.700. The van der Waals surface area contributed by atoms with Crippen molar-refractivity contribution < 1.29 is 17.9 Å². The van der Waals surface area contributed by atoms with Crippen molar-refractivity contribution >= 4 is 16.1 Å². The average molecular weight is 265 g/mol. The van der Waals surface area contributed by atoms with Crippen molar-refractivity contribution in [1.29, 1.82) is 0 Å². The van der Waals surface area contributed by atoms with Gasteiger partial charge in [-0.3, -0.25) is 4.79 Å². The van der Waals surface area contributed by atoms with Gasteiger partial charge < -0.3 is 10.5 Å². The summed E-state index contributed by atoms with van der Waals surface area (Å²) in [6.07, 6.45) is -0.314. The molecule has 2 atom stereocenters. The number of nitrogens with zero attached hydrogens (tertiary/aromatic N) is 2. The van der Waals surface area contributed by atoms with Gasteiger partial charge in [-0.1, -0.05) is 0 Å². The van der Waals surface area contributed by atoms with Crippen LogP contribution in [0.5, 0.6) is 0 Å². The molecule has 1 amide bonds. The first-order chi connectivity index (χ1) is 7.73. The van der Waals surface area contributed by atoms with Crippen LogP contribution in [0.2, 0.25) is 0 Å². The molecule has 0 aromatic rings. The molecule has 1 aliphatic rings. The lowest BCUT2D eigenvalue weighted by atomic mass is 10.3. The number of carbonyl (C=O) groups excluding carboxylic acids is 1. The summed E-state index contributed by atoms with van der Waals surface area (Å²) >= 11 is 0. The molecule has 0 radical (unpaired) electrons. The molecule has 1 aliphatic heterocycles. The zero-order valence-electron chi connectivity index (χ0n) is 10.3. The summed E-state index contributed by atoms with van der Waals surface area (Å²) in [7, 11) is -2.30. The van der Waals surface area contributed by atoms with Crippen molar-refractivity contribution in [3.8, 4) is 0 Å². The lowest BCUT2D eigenvalue weighted by molar-refractivity contribution is -0.118. The van der Waals surface area contributed by atoms with Gasteiger partial charge in [0.1, 0.15) is 0 Å². The Morgan fingerprint density at radius 1 is 1.41 bits per heavy atom. The molecule has 2 N–H and O–H groups in total. The standard InChI is InChI=1S/C9H19N3O4S/c1-7-4-12(5-8(2)16-7)17(14,15)11(3)6-9(10)13/h7-8H,4-6H2,1-3H3,(H2,10,13)/t7-,8+. The lowest BCUT2D eigenvalue weighted by Gasteiger charge is -2.36. The van der Waals surface area contributed by atoms with E-state index < -0.39 is 16.1 Å². The molecule has 0 spiro atoms. The molecule has 0 aromatic heterocycles. The highest BCUT2D eigenvalue weighted by Gasteiger charge is 2.34. The Morgan fingerprint density at radius 2 is 1.88 bits per heavy atom. The third-order valence-corrected chi connectivity index (χ3v) is 4.35. The van der Waals surface area contributed by atoms with Gasteiger partial charge in [0.05, 0.1) is 18.8 Å². The Bertz CT molecular complexity index is 374. The molecule has 17 heavy (non-hydrogen) atoms. The molecular formula is C9H19N3O4S. The second-order valence-electron chi connectivity index (χ2n) is 4.30. The number of likely N-dealkylation sites (N-methyl/N-ethyl adjacent to an activating group) is 1. The van der Waals surface area contributed by atoms with Crippen molar-refractivity contribution in [2.75, 3.05) is 26.7 Å². The maximum atomic E-state index is 12.1. The number of hydrogen-bond donors (Lipinski definition) is 1. The number of carbonyl (C=O) groups is 1. The van der Waals surface area contributed by atoms with Crippen LogP contribution in [0, 0.1) is 0 Å². The van der Waals surface area contributed by atoms with Gasteiger partial charge in [0.2, 0.25) is 5.91 Å². The maximum Gasteiger partial charge on any atom is 0.282 e. The summed E-state index contributed by atoms with van der Waals surface area (Å²) in [4.78, 5) is 10.7. The van der Waals surface area contributed by atoms with Crippen LogP contribution in [0.3, 0.4) is 0 Å². The highest BCUT2D eigenvalue weighted by molar-refractivity contribution is 7.86. The van der Waals surface area contributed by atoms with Crippen LogP contribution < -0.4 is 5.73 Å². The van der Waals surface area contributed by atoms with Crippen LogP contribution in [-0.2, 0) is 19.7 Å². The first-order valence-corrected chi connectivity index (χ1v) is 6.78. The monoisotopic (exact) mass is 265 g/mol. The van der Waals surface area contributed by atoms with Crippen LogP contribution in [-0.4, -0.2) is 61.8 Å². The molecule has 8 heteroatoms. The fourth-order valence-electron chi connectivity index (χ4n) is 1.82. The Morgan fingerprint density at radius 3 is 2.29 bits per heavy atom. The molecule has 0 unspecified atom stereocenters. The smallest absolute Gasteiger partial charge is 0.282 e. The Labute approximate surface area is 102 Å². The van der Waals surface area contributed by atoms with Crippen LogP contribution >= 0.6 is 0 Å². The minimum atomic E-state index is -3.64. The molecule has 100 valence electrons. The summed E-state index contributed by atoms with van der Waals surface area (Å²) in [5, 5.41) is 0. The van der Waals surface area contributed by atoms with Crippen LogP contribution in [0.25, 0.3) is 0 Å². The topological polar surface area (TPSA) is 92.9 Å². The zero-order chi connectivity index (χ0) is 13.2. The quantitative estimate of drug-likeness (QED) is 0.688. The highest BCUT2D eigenvalue weighted by Crippen LogP contribution is 2.16. The number of primary amides is 1.